The van der Waals surface area contributed by atoms with Crippen LogP contribution in [0.1, 0.15) is 11.1 Å². The van der Waals surface area contributed by atoms with E-state index in [1.165, 1.54) is 24.3 Å². The van der Waals surface area contributed by atoms with E-state index in [1.54, 1.807) is 0 Å². The van der Waals surface area contributed by atoms with Gasteiger partial charge < -0.3 is 9.47 Å². The van der Waals surface area contributed by atoms with Gasteiger partial charge >= 0.3 is 6.16 Å². The number of nitro groups is 1. The van der Waals surface area contributed by atoms with Crippen molar-refractivity contribution in [1.29, 1.82) is 0 Å². The first-order valence-corrected chi connectivity index (χ1v) is 11.5. The van der Waals surface area contributed by atoms with E-state index < -0.39 is 19.2 Å². The average molecular weight is 359 g/mol. The number of hydrogen-bond acceptors (Lipinski definition) is 5. The third kappa shape index (κ3) is 5.42. The van der Waals surface area contributed by atoms with Gasteiger partial charge in [-0.3, -0.25) is 10.1 Å². The van der Waals surface area contributed by atoms with Gasteiger partial charge in [0.15, 0.2) is 0 Å². The zero-order valence-electron chi connectivity index (χ0n) is 14.5. The summed E-state index contributed by atoms with van der Waals surface area (Å²) in [7, 11) is -1.61. The van der Waals surface area contributed by atoms with Gasteiger partial charge in [0.2, 0.25) is 0 Å². The first-order valence-electron chi connectivity index (χ1n) is 7.91. The molecule has 132 valence electrons. The van der Waals surface area contributed by atoms with E-state index in [0.717, 1.165) is 5.56 Å². The Bertz CT molecular complexity index is 725. The Hall–Kier alpha value is -2.67. The Morgan fingerprint density at radius 3 is 2.20 bits per heavy atom. The van der Waals surface area contributed by atoms with Crippen LogP contribution in [0.2, 0.25) is 19.6 Å². The Morgan fingerprint density at radius 2 is 1.68 bits per heavy atom. The summed E-state index contributed by atoms with van der Waals surface area (Å²) in [5, 5.41) is 10.6. The maximum absolute atomic E-state index is 11.9. The fourth-order valence-electron chi connectivity index (χ4n) is 2.44. The van der Waals surface area contributed by atoms with Gasteiger partial charge in [0.05, 0.1) is 19.6 Å². The molecule has 25 heavy (non-hydrogen) atoms. The summed E-state index contributed by atoms with van der Waals surface area (Å²) in [6.45, 7) is 6.90. The van der Waals surface area contributed by atoms with Crippen LogP contribution in [0.25, 0.3) is 0 Å². The molecule has 0 heterocycles. The van der Waals surface area contributed by atoms with Gasteiger partial charge in [-0.05, 0) is 17.7 Å². The number of hydrogen-bond donors (Lipinski definition) is 0. The van der Waals surface area contributed by atoms with E-state index in [2.05, 4.69) is 19.6 Å². The zero-order chi connectivity index (χ0) is 18.4. The van der Waals surface area contributed by atoms with Crippen LogP contribution >= 0.6 is 0 Å². The van der Waals surface area contributed by atoms with Gasteiger partial charge in [0.25, 0.3) is 5.69 Å². The third-order valence-corrected chi connectivity index (χ3v) is 6.45. The fraction of sp³-hybridized carbons (Fsp3) is 0.278. The molecule has 6 nitrogen and oxygen atoms in total. The molecule has 0 bridgehead atoms. The predicted molar refractivity (Wildman–Crippen MR) is 97.6 cm³/mol. The monoisotopic (exact) mass is 359 g/mol. The number of non-ortho nitro benzene ring substituents is 1. The SMILES string of the molecule is C[Si](C)(C)C(COC(=O)Oc1ccc([N+](=O)[O-])cc1)c1ccccc1. The van der Waals surface area contributed by atoms with Crippen LogP contribution in [0.4, 0.5) is 10.5 Å². The number of nitro benzene ring substituents is 1. The summed E-state index contributed by atoms with van der Waals surface area (Å²) >= 11 is 0. The lowest BCUT2D eigenvalue weighted by Crippen LogP contribution is -2.35. The maximum atomic E-state index is 11.9. The molecular weight excluding hydrogens is 338 g/mol. The molecule has 2 aromatic carbocycles. The minimum atomic E-state index is -1.61. The number of carbonyl (C=O) groups excluding carboxylic acids is 1. The van der Waals surface area contributed by atoms with Crippen LogP contribution in [0, 0.1) is 10.1 Å². The Kier molecular flexibility index (Phi) is 5.92. The number of rotatable bonds is 6. The Balaban J connectivity index is 1.98. The lowest BCUT2D eigenvalue weighted by Gasteiger charge is -2.28. The van der Waals surface area contributed by atoms with E-state index in [-0.39, 0.29) is 23.6 Å². The van der Waals surface area contributed by atoms with E-state index in [4.69, 9.17) is 9.47 Å². The quantitative estimate of drug-likeness (QED) is 0.244. The van der Waals surface area contributed by atoms with Crippen LogP contribution in [0.3, 0.4) is 0 Å². The second kappa shape index (κ2) is 7.93. The summed E-state index contributed by atoms with van der Waals surface area (Å²) in [4.78, 5) is 22.0. The molecule has 2 rings (SSSR count). The topological polar surface area (TPSA) is 78.7 Å². The van der Waals surface area contributed by atoms with Crippen LogP contribution in [-0.2, 0) is 4.74 Å². The van der Waals surface area contributed by atoms with Gasteiger partial charge in [-0.15, -0.1) is 0 Å². The highest BCUT2D eigenvalue weighted by Gasteiger charge is 2.29. The number of carbonyl (C=O) groups is 1. The lowest BCUT2D eigenvalue weighted by atomic mass is 10.1. The smallest absolute Gasteiger partial charge is 0.434 e. The Morgan fingerprint density at radius 1 is 1.08 bits per heavy atom. The highest BCUT2D eigenvalue weighted by atomic mass is 28.3. The zero-order valence-corrected chi connectivity index (χ0v) is 15.5. The molecule has 0 radical (unpaired) electrons. The van der Waals surface area contributed by atoms with Crippen LogP contribution in [-0.4, -0.2) is 25.8 Å². The molecule has 0 aromatic heterocycles. The molecule has 7 heteroatoms. The normalized spacial score (nSPS) is 12.3. The van der Waals surface area contributed by atoms with Crippen LogP contribution in [0.15, 0.2) is 54.6 Å². The molecule has 0 spiro atoms. The van der Waals surface area contributed by atoms with Crippen LogP contribution in [0.5, 0.6) is 5.75 Å². The number of benzene rings is 2. The fourth-order valence-corrected chi connectivity index (χ4v) is 4.22. The minimum absolute atomic E-state index is 0.0661. The molecule has 0 fully saturated rings. The summed E-state index contributed by atoms with van der Waals surface area (Å²) < 4.78 is 10.4. The number of ether oxygens (including phenoxy) is 2. The van der Waals surface area contributed by atoms with Crippen molar-refractivity contribution in [1.82, 2.24) is 0 Å². The van der Waals surface area contributed by atoms with Crippen molar-refractivity contribution in [3.63, 3.8) is 0 Å². The molecule has 0 aliphatic rings. The molecule has 0 aliphatic heterocycles. The van der Waals surface area contributed by atoms with Gasteiger partial charge in [-0.2, -0.15) is 0 Å². The summed E-state index contributed by atoms with van der Waals surface area (Å²) in [5.41, 5.74) is 1.23. The highest BCUT2D eigenvalue weighted by molar-refractivity contribution is 6.77. The molecule has 0 N–H and O–H groups in total. The highest BCUT2D eigenvalue weighted by Crippen LogP contribution is 2.27. The standard InChI is InChI=1S/C18H21NO5Si/c1-25(2,3)17(14-7-5-4-6-8-14)13-23-18(20)24-16-11-9-15(10-12-16)19(21)22/h4-12,17H,13H2,1-3H3. The Labute approximate surface area is 147 Å². The van der Waals surface area contributed by atoms with Gasteiger partial charge in [0, 0.05) is 17.7 Å². The molecule has 1 unspecified atom stereocenters. The van der Waals surface area contributed by atoms with Gasteiger partial charge in [-0.1, -0.05) is 50.0 Å². The molecule has 0 amide bonds. The summed E-state index contributed by atoms with van der Waals surface area (Å²) in [6.07, 6.45) is -0.812. The van der Waals surface area contributed by atoms with Crippen molar-refractivity contribution in [2.24, 2.45) is 0 Å². The lowest BCUT2D eigenvalue weighted by molar-refractivity contribution is -0.384. The molecule has 0 aliphatic carbocycles. The van der Waals surface area contributed by atoms with Crippen molar-refractivity contribution in [2.45, 2.75) is 25.2 Å². The third-order valence-electron chi connectivity index (χ3n) is 3.86. The first kappa shape index (κ1) is 18.7. The van der Waals surface area contributed by atoms with Gasteiger partial charge in [-0.25, -0.2) is 4.79 Å². The predicted octanol–water partition coefficient (Wildman–Crippen LogP) is 4.77. The molecule has 0 saturated carbocycles. The minimum Gasteiger partial charge on any atom is -0.434 e. The maximum Gasteiger partial charge on any atom is 0.513 e. The van der Waals surface area contributed by atoms with Crippen molar-refractivity contribution >= 4 is 19.9 Å². The van der Waals surface area contributed by atoms with Crippen LogP contribution < -0.4 is 4.74 Å². The number of nitrogens with zero attached hydrogens (tertiary/aromatic N) is 1. The van der Waals surface area contributed by atoms with E-state index in [1.807, 2.05) is 30.3 Å². The summed E-state index contributed by atoms with van der Waals surface area (Å²) in [5.74, 6) is 0.208. The first-order chi connectivity index (χ1) is 11.8. The van der Waals surface area contributed by atoms with E-state index in [0.29, 0.717) is 0 Å². The molecule has 1 atom stereocenters. The van der Waals surface area contributed by atoms with Crippen molar-refractivity contribution < 1.29 is 19.2 Å². The molecule has 0 saturated heterocycles. The summed E-state index contributed by atoms with van der Waals surface area (Å²) in [6, 6.07) is 15.2. The average Bonchev–Trinajstić information content (AvgIpc) is 2.55. The van der Waals surface area contributed by atoms with Crippen molar-refractivity contribution in [3.05, 3.63) is 70.3 Å². The second-order valence-electron chi connectivity index (χ2n) is 6.74. The van der Waals surface area contributed by atoms with Crippen molar-refractivity contribution in [2.75, 3.05) is 6.61 Å². The molecular formula is C18H21NO5Si. The molecule has 2 aromatic rings. The van der Waals surface area contributed by atoms with E-state index >= 15 is 0 Å². The van der Waals surface area contributed by atoms with Crippen molar-refractivity contribution in [3.8, 4) is 5.75 Å². The second-order valence-corrected chi connectivity index (χ2v) is 12.2. The largest absolute Gasteiger partial charge is 0.513 e. The van der Waals surface area contributed by atoms with Gasteiger partial charge in [0.1, 0.15) is 5.75 Å². The van der Waals surface area contributed by atoms with E-state index in [9.17, 15) is 14.9 Å².